The first-order valence-corrected chi connectivity index (χ1v) is 13.3. The summed E-state index contributed by atoms with van der Waals surface area (Å²) in [5, 5.41) is 8.50. The second-order valence-electron chi connectivity index (χ2n) is 8.42. The molecule has 1 aliphatic heterocycles. The summed E-state index contributed by atoms with van der Waals surface area (Å²) in [5.74, 6) is 0.818. The molecule has 0 aromatic carbocycles. The largest absolute Gasteiger partial charge is 0.481 e. The molecule has 3 aromatic rings. The summed E-state index contributed by atoms with van der Waals surface area (Å²) in [6, 6.07) is 8.88. The summed E-state index contributed by atoms with van der Waals surface area (Å²) in [6.07, 6.45) is 3.01. The monoisotopic (exact) mass is 505 g/mol. The highest BCUT2D eigenvalue weighted by Crippen LogP contribution is 2.31. The molecule has 3 aromatic heterocycles. The minimum Gasteiger partial charge on any atom is -0.481 e. The Balaban J connectivity index is 1.67. The van der Waals surface area contributed by atoms with Crippen LogP contribution in [0.3, 0.4) is 0 Å². The quantitative estimate of drug-likeness (QED) is 0.454. The molecule has 0 spiro atoms. The van der Waals surface area contributed by atoms with Crippen LogP contribution in [0.4, 0.5) is 0 Å². The average Bonchev–Trinajstić information content (AvgIpc) is 3.27. The van der Waals surface area contributed by atoms with Crippen molar-refractivity contribution < 1.29 is 17.9 Å². The first-order valence-electron chi connectivity index (χ1n) is 11.2. The third-order valence-electron chi connectivity index (χ3n) is 6.30. The highest BCUT2D eigenvalue weighted by atomic mass is 35.5. The molecule has 4 heterocycles. The fraction of sp³-hybridized carbons (Fsp3) is 0.478. The Hall–Kier alpha value is -2.56. The SMILES string of the molecule is COc1cccc(-c2nnc(CS(=O)(=O)[C@@H](C)[C@H](C)c3ccc(Cl)cn3)n2C2CCOCC2)n1. The number of sulfone groups is 1. The van der Waals surface area contributed by atoms with Crippen molar-refractivity contribution in [3.05, 3.63) is 53.1 Å². The van der Waals surface area contributed by atoms with Gasteiger partial charge in [0.1, 0.15) is 17.3 Å². The number of ether oxygens (including phenoxy) is 2. The molecular weight excluding hydrogens is 478 g/mol. The van der Waals surface area contributed by atoms with E-state index in [9.17, 15) is 8.42 Å². The Bertz CT molecular complexity index is 1230. The predicted octanol–water partition coefficient (Wildman–Crippen LogP) is 3.86. The van der Waals surface area contributed by atoms with E-state index in [1.807, 2.05) is 23.6 Å². The lowest BCUT2D eigenvalue weighted by Gasteiger charge is -2.26. The third kappa shape index (κ3) is 5.24. The van der Waals surface area contributed by atoms with Gasteiger partial charge in [0.05, 0.1) is 17.4 Å². The zero-order valence-corrected chi connectivity index (χ0v) is 21.0. The second-order valence-corrected chi connectivity index (χ2v) is 11.2. The van der Waals surface area contributed by atoms with Crippen molar-refractivity contribution in [3.8, 4) is 17.4 Å². The van der Waals surface area contributed by atoms with Gasteiger partial charge < -0.3 is 14.0 Å². The maximum Gasteiger partial charge on any atom is 0.213 e. The van der Waals surface area contributed by atoms with Gasteiger partial charge in [-0.15, -0.1) is 10.2 Å². The first-order chi connectivity index (χ1) is 16.3. The van der Waals surface area contributed by atoms with E-state index in [0.29, 0.717) is 47.2 Å². The van der Waals surface area contributed by atoms with Crippen molar-refractivity contribution in [1.82, 2.24) is 24.7 Å². The third-order valence-corrected chi connectivity index (χ3v) is 8.73. The number of aromatic nitrogens is 5. The number of hydrogen-bond acceptors (Lipinski definition) is 8. The van der Waals surface area contributed by atoms with Crippen LogP contribution in [0.5, 0.6) is 5.88 Å². The van der Waals surface area contributed by atoms with Crippen molar-refractivity contribution >= 4 is 21.4 Å². The molecule has 1 aliphatic rings. The summed E-state index contributed by atoms with van der Waals surface area (Å²) >= 11 is 5.94. The van der Waals surface area contributed by atoms with E-state index in [4.69, 9.17) is 21.1 Å². The fourth-order valence-corrected chi connectivity index (χ4v) is 5.79. The molecule has 2 atom stereocenters. The van der Waals surface area contributed by atoms with Crippen LogP contribution in [-0.4, -0.2) is 58.7 Å². The van der Waals surface area contributed by atoms with E-state index in [1.54, 1.807) is 32.2 Å². The molecule has 0 unspecified atom stereocenters. The van der Waals surface area contributed by atoms with Gasteiger partial charge in [0.15, 0.2) is 15.7 Å². The van der Waals surface area contributed by atoms with Crippen molar-refractivity contribution in [2.75, 3.05) is 20.3 Å². The van der Waals surface area contributed by atoms with Gasteiger partial charge in [0.25, 0.3) is 0 Å². The average molecular weight is 506 g/mol. The Labute approximate surface area is 204 Å². The van der Waals surface area contributed by atoms with E-state index in [0.717, 1.165) is 12.8 Å². The van der Waals surface area contributed by atoms with Crippen LogP contribution in [0.15, 0.2) is 36.5 Å². The molecule has 4 rings (SSSR count). The molecule has 0 aliphatic carbocycles. The maximum absolute atomic E-state index is 13.5. The van der Waals surface area contributed by atoms with Crippen LogP contribution >= 0.6 is 11.6 Å². The second kappa shape index (κ2) is 10.4. The maximum atomic E-state index is 13.5. The molecule has 0 amide bonds. The molecule has 0 saturated carbocycles. The highest BCUT2D eigenvalue weighted by molar-refractivity contribution is 7.91. The Morgan fingerprint density at radius 1 is 1.18 bits per heavy atom. The van der Waals surface area contributed by atoms with Gasteiger partial charge >= 0.3 is 0 Å². The van der Waals surface area contributed by atoms with E-state index in [-0.39, 0.29) is 17.7 Å². The van der Waals surface area contributed by atoms with Gasteiger partial charge in [-0.25, -0.2) is 13.4 Å². The summed E-state index contributed by atoms with van der Waals surface area (Å²) in [4.78, 5) is 8.80. The first kappa shape index (κ1) is 24.6. The lowest BCUT2D eigenvalue weighted by Crippen LogP contribution is -2.28. The summed E-state index contributed by atoms with van der Waals surface area (Å²) in [6.45, 7) is 4.74. The zero-order chi connectivity index (χ0) is 24.3. The standard InChI is InChI=1S/C23H28ClN5O4S/c1-15(19-8-7-17(24)13-25-19)16(2)34(30,31)14-21-27-28-23(20-5-4-6-22(26-20)32-3)29(21)18-9-11-33-12-10-18/h4-8,13,15-16,18H,9-12,14H2,1-3H3/t15-,16-/m0/s1. The number of methoxy groups -OCH3 is 1. The molecule has 34 heavy (non-hydrogen) atoms. The highest BCUT2D eigenvalue weighted by Gasteiger charge is 2.33. The normalized spacial score (nSPS) is 16.8. The number of nitrogens with zero attached hydrogens (tertiary/aromatic N) is 5. The number of rotatable bonds is 8. The molecule has 9 nitrogen and oxygen atoms in total. The Morgan fingerprint density at radius 3 is 2.62 bits per heavy atom. The molecule has 0 bridgehead atoms. The summed E-state index contributed by atoms with van der Waals surface area (Å²) in [7, 11) is -2.04. The minimum absolute atomic E-state index is 0.0163. The molecule has 11 heteroatoms. The molecule has 0 N–H and O–H groups in total. The van der Waals surface area contributed by atoms with Crippen molar-refractivity contribution in [2.45, 2.75) is 49.7 Å². The molecular formula is C23H28ClN5O4S. The van der Waals surface area contributed by atoms with Crippen molar-refractivity contribution in [1.29, 1.82) is 0 Å². The lowest BCUT2D eigenvalue weighted by molar-refractivity contribution is 0.0693. The molecule has 182 valence electrons. The molecule has 1 saturated heterocycles. The molecule has 0 radical (unpaired) electrons. The summed E-state index contributed by atoms with van der Waals surface area (Å²) < 4.78 is 39.6. The van der Waals surface area contributed by atoms with Crippen molar-refractivity contribution in [3.63, 3.8) is 0 Å². The number of pyridine rings is 2. The van der Waals surface area contributed by atoms with Crippen LogP contribution in [0.25, 0.3) is 11.5 Å². The predicted molar refractivity (Wildman–Crippen MR) is 129 cm³/mol. The Morgan fingerprint density at radius 2 is 1.94 bits per heavy atom. The van der Waals surface area contributed by atoms with E-state index >= 15 is 0 Å². The van der Waals surface area contributed by atoms with Gasteiger partial charge in [0.2, 0.25) is 5.88 Å². The van der Waals surface area contributed by atoms with Crippen LogP contribution in [0, 0.1) is 0 Å². The topological polar surface area (TPSA) is 109 Å². The van der Waals surface area contributed by atoms with Gasteiger partial charge in [-0.3, -0.25) is 4.98 Å². The fourth-order valence-electron chi connectivity index (χ4n) is 4.10. The minimum atomic E-state index is -3.59. The van der Waals surface area contributed by atoms with Crippen LogP contribution in [0.2, 0.25) is 5.02 Å². The van der Waals surface area contributed by atoms with Crippen LogP contribution in [-0.2, 0) is 20.3 Å². The van der Waals surface area contributed by atoms with Gasteiger partial charge in [-0.05, 0) is 38.0 Å². The number of halogens is 1. The Kier molecular flexibility index (Phi) is 7.49. The lowest BCUT2D eigenvalue weighted by atomic mass is 10.0. The van der Waals surface area contributed by atoms with Crippen LogP contribution in [0.1, 0.15) is 50.2 Å². The van der Waals surface area contributed by atoms with Gasteiger partial charge in [0, 0.05) is 43.1 Å². The van der Waals surface area contributed by atoms with Gasteiger partial charge in [-0.1, -0.05) is 24.6 Å². The van der Waals surface area contributed by atoms with E-state index < -0.39 is 15.1 Å². The summed E-state index contributed by atoms with van der Waals surface area (Å²) in [5.41, 5.74) is 1.25. The van der Waals surface area contributed by atoms with Gasteiger partial charge in [-0.2, -0.15) is 0 Å². The van der Waals surface area contributed by atoms with Crippen molar-refractivity contribution in [2.24, 2.45) is 0 Å². The molecule has 1 fully saturated rings. The van der Waals surface area contributed by atoms with E-state index in [1.165, 1.54) is 6.20 Å². The smallest absolute Gasteiger partial charge is 0.213 e. The van der Waals surface area contributed by atoms with Crippen LogP contribution < -0.4 is 4.74 Å². The number of hydrogen-bond donors (Lipinski definition) is 0. The van der Waals surface area contributed by atoms with E-state index in [2.05, 4.69) is 20.2 Å². The zero-order valence-electron chi connectivity index (χ0n) is 19.4.